The van der Waals surface area contributed by atoms with Crippen LogP contribution in [0.1, 0.15) is 99.8 Å². The molecule has 3 aliphatic heterocycles. The standard InChI is InChI=1S/C28H49N3O5/c1-8-15-29-22(33)19-20-24(35)31(16-11-10-12-17-32)21(28(20)14-13-27(19,9-2)36-28)23(34)30-26(6,7)18-25(3,4)5/h19-21,32H,8-18H2,1-7H3,(H,29,33)(H,30,34)/t19-,20-,21?,27+,28?/m0/s1. The average Bonchev–Trinajstić information content (AvgIpc) is 3.36. The van der Waals surface area contributed by atoms with Gasteiger partial charge in [-0.3, -0.25) is 14.4 Å². The van der Waals surface area contributed by atoms with Crippen LogP contribution in [-0.4, -0.2) is 70.2 Å². The third-order valence-corrected chi connectivity index (χ3v) is 8.25. The van der Waals surface area contributed by atoms with Crippen LogP contribution < -0.4 is 10.6 Å². The summed E-state index contributed by atoms with van der Waals surface area (Å²) < 4.78 is 6.79. The van der Waals surface area contributed by atoms with Crippen LogP contribution in [-0.2, 0) is 19.1 Å². The SMILES string of the molecule is CCCNC(=O)[C@@H]1[C@H]2C(=O)N(CCCCCO)C(C(=O)NC(C)(C)CC(C)(C)C)C23CC[C@@]1(CC)O3. The van der Waals surface area contributed by atoms with Crippen LogP contribution in [0.4, 0.5) is 0 Å². The summed E-state index contributed by atoms with van der Waals surface area (Å²) in [5.74, 6) is -1.70. The Morgan fingerprint density at radius 2 is 1.78 bits per heavy atom. The van der Waals surface area contributed by atoms with Gasteiger partial charge in [0.1, 0.15) is 11.6 Å². The molecule has 3 saturated heterocycles. The summed E-state index contributed by atoms with van der Waals surface area (Å²) in [6.45, 7) is 15.6. The van der Waals surface area contributed by atoms with Crippen LogP contribution in [0.15, 0.2) is 0 Å². The van der Waals surface area contributed by atoms with Gasteiger partial charge in [0, 0.05) is 25.2 Å². The number of nitrogens with one attached hydrogen (secondary N) is 2. The first-order chi connectivity index (χ1) is 16.8. The normalized spacial score (nSPS) is 31.6. The van der Waals surface area contributed by atoms with E-state index in [-0.39, 0.29) is 29.7 Å². The highest BCUT2D eigenvalue weighted by molar-refractivity contribution is 5.99. The summed E-state index contributed by atoms with van der Waals surface area (Å²) >= 11 is 0. The van der Waals surface area contributed by atoms with Gasteiger partial charge in [0.25, 0.3) is 0 Å². The van der Waals surface area contributed by atoms with Crippen molar-refractivity contribution in [1.82, 2.24) is 15.5 Å². The van der Waals surface area contributed by atoms with E-state index in [1.165, 1.54) is 0 Å². The predicted molar refractivity (Wildman–Crippen MR) is 139 cm³/mol. The van der Waals surface area contributed by atoms with Gasteiger partial charge in [-0.05, 0) is 70.6 Å². The van der Waals surface area contributed by atoms with Crippen LogP contribution in [0.25, 0.3) is 0 Å². The van der Waals surface area contributed by atoms with E-state index in [0.717, 1.165) is 19.3 Å². The fraction of sp³-hybridized carbons (Fsp3) is 0.893. The lowest BCUT2D eigenvalue weighted by atomic mass is 9.65. The number of fused-ring (bicyclic) bond motifs is 1. The van der Waals surface area contributed by atoms with Crippen molar-refractivity contribution in [3.05, 3.63) is 0 Å². The van der Waals surface area contributed by atoms with Gasteiger partial charge in [-0.15, -0.1) is 0 Å². The van der Waals surface area contributed by atoms with Crippen molar-refractivity contribution < 1.29 is 24.2 Å². The Morgan fingerprint density at radius 1 is 1.08 bits per heavy atom. The molecule has 8 nitrogen and oxygen atoms in total. The fourth-order valence-corrected chi connectivity index (χ4v) is 7.36. The van der Waals surface area contributed by atoms with Crippen molar-refractivity contribution in [3.8, 4) is 0 Å². The number of hydrogen-bond donors (Lipinski definition) is 3. The molecule has 3 rings (SSSR count). The van der Waals surface area contributed by atoms with Gasteiger partial charge in [0.05, 0.1) is 17.4 Å². The van der Waals surface area contributed by atoms with Crippen molar-refractivity contribution in [2.24, 2.45) is 17.3 Å². The zero-order chi connectivity index (χ0) is 26.9. The molecule has 0 radical (unpaired) electrons. The van der Waals surface area contributed by atoms with E-state index in [2.05, 4.69) is 31.4 Å². The quantitative estimate of drug-likeness (QED) is 0.352. The Hall–Kier alpha value is -1.67. The van der Waals surface area contributed by atoms with Crippen molar-refractivity contribution in [2.75, 3.05) is 19.7 Å². The molecule has 0 aromatic heterocycles. The van der Waals surface area contributed by atoms with E-state index in [1.54, 1.807) is 4.90 Å². The number of carbonyl (C=O) groups excluding carboxylic acids is 3. The number of hydrogen-bond acceptors (Lipinski definition) is 5. The number of unbranched alkanes of at least 4 members (excludes halogenated alkanes) is 2. The number of amides is 3. The second-order valence-corrected chi connectivity index (χ2v) is 13.1. The Kier molecular flexibility index (Phi) is 8.51. The minimum absolute atomic E-state index is 0.0180. The Labute approximate surface area is 217 Å². The van der Waals surface area contributed by atoms with E-state index >= 15 is 0 Å². The molecule has 5 atom stereocenters. The molecule has 1 spiro atoms. The Bertz CT molecular complexity index is 838. The molecule has 0 saturated carbocycles. The van der Waals surface area contributed by atoms with E-state index in [0.29, 0.717) is 45.2 Å². The first-order valence-corrected chi connectivity index (χ1v) is 14.0. The molecular weight excluding hydrogens is 458 g/mol. The average molecular weight is 508 g/mol. The summed E-state index contributed by atoms with van der Waals surface area (Å²) in [4.78, 5) is 43.2. The zero-order valence-electron chi connectivity index (χ0n) is 23.5. The summed E-state index contributed by atoms with van der Waals surface area (Å²) in [6.07, 6.45) is 5.60. The number of rotatable bonds is 12. The lowest BCUT2D eigenvalue weighted by Gasteiger charge is -2.38. The fourth-order valence-electron chi connectivity index (χ4n) is 7.36. The molecule has 0 aromatic rings. The van der Waals surface area contributed by atoms with Crippen LogP contribution in [0, 0.1) is 17.3 Å². The third kappa shape index (κ3) is 5.31. The second-order valence-electron chi connectivity index (χ2n) is 13.1. The lowest BCUT2D eigenvalue weighted by molar-refractivity contribution is -0.148. The van der Waals surface area contributed by atoms with E-state index in [4.69, 9.17) is 4.74 Å². The summed E-state index contributed by atoms with van der Waals surface area (Å²) in [5, 5.41) is 15.5. The number of carbonyl (C=O) groups is 3. The third-order valence-electron chi connectivity index (χ3n) is 8.25. The van der Waals surface area contributed by atoms with E-state index in [1.807, 2.05) is 27.7 Å². The molecule has 0 aliphatic carbocycles. The van der Waals surface area contributed by atoms with Crippen molar-refractivity contribution >= 4 is 17.7 Å². The number of likely N-dealkylation sites (tertiary alicyclic amines) is 1. The highest BCUT2D eigenvalue weighted by Gasteiger charge is 2.78. The molecule has 206 valence electrons. The van der Waals surface area contributed by atoms with Crippen molar-refractivity contribution in [2.45, 2.75) is 123 Å². The molecule has 3 N–H and O–H groups in total. The molecule has 36 heavy (non-hydrogen) atoms. The molecule has 3 heterocycles. The van der Waals surface area contributed by atoms with Crippen molar-refractivity contribution in [3.63, 3.8) is 0 Å². The second kappa shape index (κ2) is 10.6. The summed E-state index contributed by atoms with van der Waals surface area (Å²) in [5.41, 5.74) is -2.14. The van der Waals surface area contributed by atoms with Crippen molar-refractivity contribution in [1.29, 1.82) is 0 Å². The molecule has 2 bridgehead atoms. The lowest BCUT2D eigenvalue weighted by Crippen LogP contribution is -2.59. The number of nitrogens with zero attached hydrogens (tertiary/aromatic N) is 1. The van der Waals surface area contributed by atoms with Crippen LogP contribution in [0.3, 0.4) is 0 Å². The Balaban J connectivity index is 1.97. The largest absolute Gasteiger partial charge is 0.396 e. The molecule has 3 fully saturated rings. The Morgan fingerprint density at radius 3 is 2.36 bits per heavy atom. The molecule has 3 amide bonds. The number of aliphatic hydroxyl groups excluding tert-OH is 1. The number of aliphatic hydroxyl groups is 1. The highest BCUT2D eigenvalue weighted by Crippen LogP contribution is 2.64. The smallest absolute Gasteiger partial charge is 0.246 e. The monoisotopic (exact) mass is 507 g/mol. The first kappa shape index (κ1) is 28.9. The van der Waals surface area contributed by atoms with E-state index < -0.39 is 34.6 Å². The van der Waals surface area contributed by atoms with E-state index in [9.17, 15) is 19.5 Å². The molecular formula is C28H49N3O5. The maximum absolute atomic E-state index is 14.0. The first-order valence-electron chi connectivity index (χ1n) is 14.0. The number of ether oxygens (including phenoxy) is 1. The van der Waals surface area contributed by atoms with Gasteiger partial charge in [0.2, 0.25) is 17.7 Å². The minimum atomic E-state index is -0.986. The molecule has 3 aliphatic rings. The maximum Gasteiger partial charge on any atom is 0.246 e. The summed E-state index contributed by atoms with van der Waals surface area (Å²) in [6, 6.07) is -0.763. The molecule has 8 heteroatoms. The summed E-state index contributed by atoms with van der Waals surface area (Å²) in [7, 11) is 0. The highest BCUT2D eigenvalue weighted by atomic mass is 16.5. The van der Waals surface area contributed by atoms with Crippen LogP contribution in [0.5, 0.6) is 0 Å². The zero-order valence-corrected chi connectivity index (χ0v) is 23.5. The predicted octanol–water partition coefficient (Wildman–Crippen LogP) is 3.16. The van der Waals surface area contributed by atoms with Gasteiger partial charge in [-0.25, -0.2) is 0 Å². The minimum Gasteiger partial charge on any atom is -0.396 e. The van der Waals surface area contributed by atoms with Crippen LogP contribution >= 0.6 is 0 Å². The van der Waals surface area contributed by atoms with Gasteiger partial charge in [0.15, 0.2) is 0 Å². The van der Waals surface area contributed by atoms with Gasteiger partial charge in [-0.1, -0.05) is 34.6 Å². The molecule has 2 unspecified atom stereocenters. The van der Waals surface area contributed by atoms with Gasteiger partial charge < -0.3 is 25.4 Å². The molecule has 0 aromatic carbocycles. The van der Waals surface area contributed by atoms with Gasteiger partial charge in [-0.2, -0.15) is 0 Å². The van der Waals surface area contributed by atoms with Crippen LogP contribution in [0.2, 0.25) is 0 Å². The van der Waals surface area contributed by atoms with Gasteiger partial charge >= 0.3 is 0 Å². The topological polar surface area (TPSA) is 108 Å². The maximum atomic E-state index is 14.0.